The predicted molar refractivity (Wildman–Crippen MR) is 56.5 cm³/mol. The van der Waals surface area contributed by atoms with Crippen molar-refractivity contribution in [3.63, 3.8) is 0 Å². The summed E-state index contributed by atoms with van der Waals surface area (Å²) in [4.78, 5) is 11.6. The van der Waals surface area contributed by atoms with Gasteiger partial charge in [-0.05, 0) is 18.6 Å². The normalized spacial score (nSPS) is 17.3. The van der Waals surface area contributed by atoms with E-state index in [4.69, 9.17) is 9.47 Å². The second-order valence-electron chi connectivity index (χ2n) is 3.47. The fourth-order valence-electron chi connectivity index (χ4n) is 1.72. The van der Waals surface area contributed by atoms with Crippen molar-refractivity contribution >= 4 is 11.5 Å². The number of para-hydroxylation sites is 1. The highest BCUT2D eigenvalue weighted by molar-refractivity contribution is 6.22. The van der Waals surface area contributed by atoms with Gasteiger partial charge in [-0.1, -0.05) is 18.2 Å². The average molecular weight is 204 g/mol. The van der Waals surface area contributed by atoms with Crippen LogP contribution in [0.25, 0.3) is 5.57 Å². The van der Waals surface area contributed by atoms with E-state index in [1.165, 1.54) is 0 Å². The molecular weight excluding hydrogens is 192 g/mol. The van der Waals surface area contributed by atoms with Gasteiger partial charge in [0, 0.05) is 12.7 Å². The van der Waals surface area contributed by atoms with Crippen molar-refractivity contribution in [3.05, 3.63) is 35.4 Å². The van der Waals surface area contributed by atoms with E-state index in [2.05, 4.69) is 0 Å². The molecule has 1 aromatic carbocycles. The Morgan fingerprint density at radius 2 is 2.13 bits per heavy atom. The fourth-order valence-corrected chi connectivity index (χ4v) is 1.72. The highest BCUT2D eigenvalue weighted by atomic mass is 16.5. The lowest BCUT2D eigenvalue weighted by Gasteiger charge is -2.02. The first kappa shape index (κ1) is 9.93. The van der Waals surface area contributed by atoms with Crippen LogP contribution in [-0.2, 0) is 9.53 Å². The molecule has 1 aliphatic heterocycles. The van der Waals surface area contributed by atoms with Gasteiger partial charge in [0.05, 0.1) is 12.2 Å². The van der Waals surface area contributed by atoms with Crippen molar-refractivity contribution in [3.8, 4) is 5.75 Å². The highest BCUT2D eigenvalue weighted by Crippen LogP contribution is 2.35. The molecule has 3 nitrogen and oxygen atoms in total. The Bertz CT molecular complexity index is 432. The molecule has 0 bridgehead atoms. The van der Waals surface area contributed by atoms with Gasteiger partial charge < -0.3 is 9.47 Å². The van der Waals surface area contributed by atoms with E-state index in [0.29, 0.717) is 17.9 Å². The Labute approximate surface area is 88.3 Å². The van der Waals surface area contributed by atoms with Crippen LogP contribution in [0, 0.1) is 0 Å². The maximum Gasteiger partial charge on any atom is 0.344 e. The van der Waals surface area contributed by atoms with E-state index in [1.54, 1.807) is 13.2 Å². The standard InChI is InChI=1S/C12H12O3/c1-8(7-14-2)11-9-5-3-4-6-10(9)15-12(11)13/h3-6H,7H2,1-2H3. The molecule has 0 unspecified atom stereocenters. The van der Waals surface area contributed by atoms with E-state index in [1.807, 2.05) is 25.1 Å². The maximum atomic E-state index is 11.6. The summed E-state index contributed by atoms with van der Waals surface area (Å²) < 4.78 is 10.1. The Kier molecular flexibility index (Phi) is 2.56. The molecule has 78 valence electrons. The largest absolute Gasteiger partial charge is 0.422 e. The Hall–Kier alpha value is -1.61. The minimum absolute atomic E-state index is 0.286. The van der Waals surface area contributed by atoms with E-state index < -0.39 is 0 Å². The van der Waals surface area contributed by atoms with Crippen molar-refractivity contribution < 1.29 is 14.3 Å². The first-order valence-electron chi connectivity index (χ1n) is 4.74. The lowest BCUT2D eigenvalue weighted by Crippen LogP contribution is -2.05. The Morgan fingerprint density at radius 1 is 1.40 bits per heavy atom. The third-order valence-electron chi connectivity index (χ3n) is 2.35. The first-order chi connectivity index (χ1) is 7.24. The second kappa shape index (κ2) is 3.87. The van der Waals surface area contributed by atoms with Gasteiger partial charge in [-0.2, -0.15) is 0 Å². The number of carbonyl (C=O) groups is 1. The van der Waals surface area contributed by atoms with Crippen LogP contribution in [0.4, 0.5) is 0 Å². The zero-order valence-corrected chi connectivity index (χ0v) is 8.74. The number of benzene rings is 1. The molecule has 2 rings (SSSR count). The molecule has 0 radical (unpaired) electrons. The number of esters is 1. The molecule has 0 amide bonds. The number of carbonyl (C=O) groups excluding carboxylic acids is 1. The first-order valence-corrected chi connectivity index (χ1v) is 4.74. The summed E-state index contributed by atoms with van der Waals surface area (Å²) >= 11 is 0. The third-order valence-corrected chi connectivity index (χ3v) is 2.35. The van der Waals surface area contributed by atoms with E-state index >= 15 is 0 Å². The molecule has 1 heterocycles. The molecular formula is C12H12O3. The monoisotopic (exact) mass is 204 g/mol. The summed E-state index contributed by atoms with van der Waals surface area (Å²) in [6.45, 7) is 2.32. The zero-order chi connectivity index (χ0) is 10.8. The Morgan fingerprint density at radius 3 is 2.87 bits per heavy atom. The van der Waals surface area contributed by atoms with E-state index in [0.717, 1.165) is 11.1 Å². The minimum atomic E-state index is -0.286. The summed E-state index contributed by atoms with van der Waals surface area (Å²) in [7, 11) is 1.61. The van der Waals surface area contributed by atoms with Crippen molar-refractivity contribution in [1.29, 1.82) is 0 Å². The van der Waals surface area contributed by atoms with Crippen LogP contribution >= 0.6 is 0 Å². The summed E-state index contributed by atoms with van der Waals surface area (Å²) in [5.74, 6) is 0.346. The zero-order valence-electron chi connectivity index (χ0n) is 8.74. The van der Waals surface area contributed by atoms with Gasteiger partial charge in [0.25, 0.3) is 0 Å². The van der Waals surface area contributed by atoms with Gasteiger partial charge in [-0.25, -0.2) is 4.79 Å². The smallest absolute Gasteiger partial charge is 0.344 e. The van der Waals surface area contributed by atoms with Gasteiger partial charge in [-0.15, -0.1) is 0 Å². The van der Waals surface area contributed by atoms with Gasteiger partial charge in [0.1, 0.15) is 5.75 Å². The number of ether oxygens (including phenoxy) is 2. The molecule has 1 aromatic rings. The predicted octanol–water partition coefficient (Wildman–Crippen LogP) is 2.03. The van der Waals surface area contributed by atoms with Crippen molar-refractivity contribution in [2.75, 3.05) is 13.7 Å². The maximum absolute atomic E-state index is 11.6. The fraction of sp³-hybridized carbons (Fsp3) is 0.250. The van der Waals surface area contributed by atoms with Crippen LogP contribution in [0.3, 0.4) is 0 Å². The van der Waals surface area contributed by atoms with Crippen LogP contribution in [0.15, 0.2) is 29.8 Å². The van der Waals surface area contributed by atoms with E-state index in [-0.39, 0.29) is 5.97 Å². The molecule has 1 aliphatic rings. The molecule has 0 fully saturated rings. The molecule has 0 N–H and O–H groups in total. The number of hydrogen-bond acceptors (Lipinski definition) is 3. The summed E-state index contributed by atoms with van der Waals surface area (Å²) in [6, 6.07) is 7.41. The van der Waals surface area contributed by atoms with Gasteiger partial charge in [-0.3, -0.25) is 0 Å². The van der Waals surface area contributed by atoms with Crippen LogP contribution < -0.4 is 4.74 Å². The van der Waals surface area contributed by atoms with Crippen molar-refractivity contribution in [2.24, 2.45) is 0 Å². The summed E-state index contributed by atoms with van der Waals surface area (Å²) in [6.07, 6.45) is 0. The quantitative estimate of drug-likeness (QED) is 0.420. The topological polar surface area (TPSA) is 35.5 Å². The number of fused-ring (bicyclic) bond motifs is 1. The molecule has 0 aliphatic carbocycles. The molecule has 0 aromatic heterocycles. The number of rotatable bonds is 2. The number of methoxy groups -OCH3 is 1. The van der Waals surface area contributed by atoms with Gasteiger partial charge in [0.15, 0.2) is 0 Å². The lowest BCUT2D eigenvalue weighted by molar-refractivity contribution is -0.127. The summed E-state index contributed by atoms with van der Waals surface area (Å²) in [5, 5.41) is 0. The van der Waals surface area contributed by atoms with Crippen LogP contribution in [0.2, 0.25) is 0 Å². The highest BCUT2D eigenvalue weighted by Gasteiger charge is 2.27. The van der Waals surface area contributed by atoms with Gasteiger partial charge in [0.2, 0.25) is 0 Å². The van der Waals surface area contributed by atoms with Crippen molar-refractivity contribution in [1.82, 2.24) is 0 Å². The third kappa shape index (κ3) is 1.66. The van der Waals surface area contributed by atoms with E-state index in [9.17, 15) is 4.79 Å². The van der Waals surface area contributed by atoms with Crippen LogP contribution in [0.5, 0.6) is 5.75 Å². The Balaban J connectivity index is 2.50. The van der Waals surface area contributed by atoms with Crippen LogP contribution in [-0.4, -0.2) is 19.7 Å². The van der Waals surface area contributed by atoms with Gasteiger partial charge >= 0.3 is 5.97 Å². The average Bonchev–Trinajstić information content (AvgIpc) is 2.54. The minimum Gasteiger partial charge on any atom is -0.422 e. The number of hydrogen-bond donors (Lipinski definition) is 0. The van der Waals surface area contributed by atoms with Crippen molar-refractivity contribution in [2.45, 2.75) is 6.92 Å². The lowest BCUT2D eigenvalue weighted by atomic mass is 10.0. The molecule has 3 heteroatoms. The SMILES string of the molecule is COCC(C)=C1C(=O)Oc2ccccc21. The summed E-state index contributed by atoms with van der Waals surface area (Å²) in [5.41, 5.74) is 2.39. The van der Waals surface area contributed by atoms with Crippen LogP contribution in [0.1, 0.15) is 12.5 Å². The second-order valence-corrected chi connectivity index (χ2v) is 3.47. The molecule has 0 spiro atoms. The molecule has 0 saturated carbocycles. The molecule has 0 atom stereocenters. The molecule has 15 heavy (non-hydrogen) atoms. The molecule has 0 saturated heterocycles.